The lowest BCUT2D eigenvalue weighted by Gasteiger charge is -2.36. The van der Waals surface area contributed by atoms with E-state index in [2.05, 4.69) is 0 Å². The fraction of sp³-hybridized carbons (Fsp3) is 0.391. The summed E-state index contributed by atoms with van der Waals surface area (Å²) in [5.41, 5.74) is 3.91. The van der Waals surface area contributed by atoms with Crippen LogP contribution >= 0.6 is 11.8 Å². The van der Waals surface area contributed by atoms with Crippen LogP contribution in [-0.4, -0.2) is 52.5 Å². The molecular formula is C23H28O6S. The first-order valence-electron chi connectivity index (χ1n) is 9.83. The van der Waals surface area contributed by atoms with E-state index in [0.29, 0.717) is 24.3 Å². The third-order valence-electron chi connectivity index (χ3n) is 5.29. The minimum Gasteiger partial charge on any atom is -0.515 e. The highest BCUT2D eigenvalue weighted by atomic mass is 32.2. The third-order valence-corrected chi connectivity index (χ3v) is 6.69. The molecule has 30 heavy (non-hydrogen) atoms. The van der Waals surface area contributed by atoms with E-state index in [0.717, 1.165) is 40.5 Å². The number of methoxy groups -OCH3 is 1. The van der Waals surface area contributed by atoms with Gasteiger partial charge in [0.1, 0.15) is 23.7 Å². The maximum absolute atomic E-state index is 10.6. The summed E-state index contributed by atoms with van der Waals surface area (Å²) in [6, 6.07) is 11.8. The van der Waals surface area contributed by atoms with Gasteiger partial charge in [0, 0.05) is 5.56 Å². The first kappa shape index (κ1) is 22.5. The Bertz CT molecular complexity index is 895. The summed E-state index contributed by atoms with van der Waals surface area (Å²) in [5, 5.41) is 39.8. The average molecular weight is 433 g/mol. The smallest absolute Gasteiger partial charge is 0.123 e. The topological polar surface area (TPSA) is 99.4 Å². The lowest BCUT2D eigenvalue weighted by atomic mass is 9.92. The lowest BCUT2D eigenvalue weighted by Crippen LogP contribution is -2.44. The Balaban J connectivity index is 1.95. The number of hydrogen-bond donors (Lipinski definition) is 4. The standard InChI is InChI=1S/C23H28O6S/c1-4-29-16-7-5-14(6-8-16)10-15-11-17(18(28-3)9-13(15)2)23-22(27)21(26)20(25)19(12-24)30-23/h5-9,11-12,20-27H,4,10H2,1-3H3/b19-12+/t20-,21+,22-,23+/m1/s1. The van der Waals surface area contributed by atoms with Crippen molar-refractivity contribution in [3.63, 3.8) is 0 Å². The van der Waals surface area contributed by atoms with Crippen molar-refractivity contribution >= 4 is 11.8 Å². The molecule has 1 aliphatic heterocycles. The van der Waals surface area contributed by atoms with Crippen LogP contribution in [0.3, 0.4) is 0 Å². The van der Waals surface area contributed by atoms with E-state index >= 15 is 0 Å². The summed E-state index contributed by atoms with van der Waals surface area (Å²) < 4.78 is 11.0. The van der Waals surface area contributed by atoms with Crippen molar-refractivity contribution in [3.8, 4) is 11.5 Å². The van der Waals surface area contributed by atoms with Crippen molar-refractivity contribution in [1.82, 2.24) is 0 Å². The van der Waals surface area contributed by atoms with Crippen molar-refractivity contribution in [2.75, 3.05) is 13.7 Å². The number of hydrogen-bond acceptors (Lipinski definition) is 7. The van der Waals surface area contributed by atoms with Gasteiger partial charge < -0.3 is 29.9 Å². The fourth-order valence-corrected chi connectivity index (χ4v) is 4.84. The molecule has 4 atom stereocenters. The second kappa shape index (κ2) is 9.75. The van der Waals surface area contributed by atoms with Gasteiger partial charge in [0.2, 0.25) is 0 Å². The number of aryl methyl sites for hydroxylation is 1. The SMILES string of the molecule is CCOc1ccc(Cc2cc([C@@H]3S/C(=C/O)[C@@H](O)[C@H](O)[C@H]3O)c(OC)cc2C)cc1. The van der Waals surface area contributed by atoms with Crippen LogP contribution in [0.1, 0.15) is 34.4 Å². The molecule has 2 aromatic carbocycles. The molecule has 0 aromatic heterocycles. The summed E-state index contributed by atoms with van der Waals surface area (Å²) in [5.74, 6) is 1.41. The Morgan fingerprint density at radius 2 is 1.77 bits per heavy atom. The highest BCUT2D eigenvalue weighted by molar-refractivity contribution is 8.03. The molecule has 1 fully saturated rings. The molecule has 2 aromatic rings. The summed E-state index contributed by atoms with van der Waals surface area (Å²) in [6.45, 7) is 4.56. The van der Waals surface area contributed by atoms with Crippen LogP contribution < -0.4 is 9.47 Å². The van der Waals surface area contributed by atoms with Crippen LogP contribution in [-0.2, 0) is 6.42 Å². The molecule has 0 bridgehead atoms. The van der Waals surface area contributed by atoms with Crippen LogP contribution in [0.15, 0.2) is 47.6 Å². The third kappa shape index (κ3) is 4.59. The van der Waals surface area contributed by atoms with Gasteiger partial charge in [-0.15, -0.1) is 11.8 Å². The number of rotatable bonds is 6. The monoisotopic (exact) mass is 432 g/mol. The Labute approximate surface area is 180 Å². The molecule has 1 aliphatic rings. The largest absolute Gasteiger partial charge is 0.515 e. The van der Waals surface area contributed by atoms with E-state index in [9.17, 15) is 20.4 Å². The summed E-state index contributed by atoms with van der Waals surface area (Å²) >= 11 is 1.12. The normalized spacial score (nSPS) is 25.3. The van der Waals surface area contributed by atoms with Gasteiger partial charge in [0.05, 0.1) is 36.2 Å². The molecule has 3 rings (SSSR count). The first-order valence-corrected chi connectivity index (χ1v) is 10.7. The Morgan fingerprint density at radius 1 is 1.07 bits per heavy atom. The Hall–Kier alpha value is -2.19. The maximum Gasteiger partial charge on any atom is 0.123 e. The van der Waals surface area contributed by atoms with Crippen LogP contribution in [0.2, 0.25) is 0 Å². The molecule has 7 heteroatoms. The fourth-order valence-electron chi connectivity index (χ4n) is 3.60. The summed E-state index contributed by atoms with van der Waals surface area (Å²) in [7, 11) is 1.55. The molecule has 0 aliphatic carbocycles. The second-order valence-corrected chi connectivity index (χ2v) is 8.49. The zero-order chi connectivity index (χ0) is 21.8. The van der Waals surface area contributed by atoms with E-state index in [-0.39, 0.29) is 4.91 Å². The number of benzene rings is 2. The highest BCUT2D eigenvalue weighted by Crippen LogP contribution is 2.48. The van der Waals surface area contributed by atoms with E-state index in [1.165, 1.54) is 0 Å². The van der Waals surface area contributed by atoms with Gasteiger partial charge in [-0.2, -0.15) is 0 Å². The molecule has 0 unspecified atom stereocenters. The summed E-state index contributed by atoms with van der Waals surface area (Å²) in [4.78, 5) is 0.202. The molecule has 0 saturated carbocycles. The number of thioether (sulfide) groups is 1. The van der Waals surface area contributed by atoms with E-state index in [1.54, 1.807) is 7.11 Å². The van der Waals surface area contributed by atoms with E-state index < -0.39 is 23.6 Å². The predicted octanol–water partition coefficient (Wildman–Crippen LogP) is 3.26. The van der Waals surface area contributed by atoms with Crippen molar-refractivity contribution < 1.29 is 29.9 Å². The van der Waals surface area contributed by atoms with Crippen molar-refractivity contribution in [1.29, 1.82) is 0 Å². The van der Waals surface area contributed by atoms with Gasteiger partial charge in [-0.05, 0) is 55.2 Å². The molecular weight excluding hydrogens is 404 g/mol. The Kier molecular flexibility index (Phi) is 7.31. The number of aliphatic hydroxyl groups is 4. The molecule has 0 amide bonds. The molecule has 4 N–H and O–H groups in total. The summed E-state index contributed by atoms with van der Waals surface area (Å²) in [6.07, 6.45) is -2.50. The second-order valence-electron chi connectivity index (χ2n) is 7.27. The maximum atomic E-state index is 10.6. The molecule has 1 heterocycles. The van der Waals surface area contributed by atoms with Gasteiger partial charge in [-0.1, -0.05) is 18.2 Å². The van der Waals surface area contributed by atoms with Crippen LogP contribution in [0, 0.1) is 6.92 Å². The molecule has 0 spiro atoms. The first-order chi connectivity index (χ1) is 14.4. The lowest BCUT2D eigenvalue weighted by molar-refractivity contribution is -0.0478. The van der Waals surface area contributed by atoms with Crippen molar-refractivity contribution in [2.45, 2.75) is 43.8 Å². The Morgan fingerprint density at radius 3 is 2.37 bits per heavy atom. The van der Waals surface area contributed by atoms with Crippen molar-refractivity contribution in [2.24, 2.45) is 0 Å². The zero-order valence-corrected chi connectivity index (χ0v) is 18.1. The zero-order valence-electron chi connectivity index (χ0n) is 17.3. The van der Waals surface area contributed by atoms with Crippen LogP contribution in [0.25, 0.3) is 0 Å². The van der Waals surface area contributed by atoms with Gasteiger partial charge in [0.15, 0.2) is 0 Å². The van der Waals surface area contributed by atoms with Gasteiger partial charge in [0.25, 0.3) is 0 Å². The van der Waals surface area contributed by atoms with Gasteiger partial charge in [-0.3, -0.25) is 0 Å². The molecule has 0 radical (unpaired) electrons. The molecule has 1 saturated heterocycles. The van der Waals surface area contributed by atoms with Crippen molar-refractivity contribution in [3.05, 3.63) is 69.8 Å². The van der Waals surface area contributed by atoms with Gasteiger partial charge >= 0.3 is 0 Å². The van der Waals surface area contributed by atoms with E-state index in [4.69, 9.17) is 9.47 Å². The van der Waals surface area contributed by atoms with Crippen LogP contribution in [0.5, 0.6) is 11.5 Å². The number of ether oxygens (including phenoxy) is 2. The minimum atomic E-state index is -1.41. The predicted molar refractivity (Wildman–Crippen MR) is 117 cm³/mol. The van der Waals surface area contributed by atoms with Gasteiger partial charge in [-0.25, -0.2) is 0 Å². The van der Waals surface area contributed by atoms with E-state index in [1.807, 2.05) is 50.2 Å². The molecule has 6 nitrogen and oxygen atoms in total. The average Bonchev–Trinajstić information content (AvgIpc) is 2.75. The van der Waals surface area contributed by atoms with Crippen LogP contribution in [0.4, 0.5) is 0 Å². The quantitative estimate of drug-likeness (QED) is 0.520. The highest BCUT2D eigenvalue weighted by Gasteiger charge is 2.42. The molecule has 162 valence electrons. The minimum absolute atomic E-state index is 0.202. The number of aliphatic hydroxyl groups excluding tert-OH is 4.